The van der Waals surface area contributed by atoms with Gasteiger partial charge in [0.2, 0.25) is 10.0 Å². The minimum atomic E-state index is -3.05. The fraction of sp³-hybridized carbons (Fsp3) is 0.615. The number of aromatic nitrogens is 1. The summed E-state index contributed by atoms with van der Waals surface area (Å²) in [6, 6.07) is 1.97. The summed E-state index contributed by atoms with van der Waals surface area (Å²) in [7, 11) is -3.05. The number of anilines is 1. The van der Waals surface area contributed by atoms with Crippen LogP contribution in [0.4, 0.5) is 5.69 Å². The van der Waals surface area contributed by atoms with E-state index in [1.807, 2.05) is 6.07 Å². The molecule has 0 bridgehead atoms. The van der Waals surface area contributed by atoms with Crippen LogP contribution in [0.25, 0.3) is 0 Å². The Morgan fingerprint density at radius 1 is 1.20 bits per heavy atom. The molecule has 0 spiro atoms. The summed E-state index contributed by atoms with van der Waals surface area (Å²) < 4.78 is 27.2. The van der Waals surface area contributed by atoms with Gasteiger partial charge in [-0.15, -0.1) is 0 Å². The highest BCUT2D eigenvalue weighted by Gasteiger charge is 2.40. The van der Waals surface area contributed by atoms with E-state index in [1.54, 1.807) is 16.7 Å². The van der Waals surface area contributed by atoms with E-state index in [9.17, 15) is 8.42 Å². The molecule has 2 fully saturated rings. The maximum atomic E-state index is 12.3. The Morgan fingerprint density at radius 3 is 2.70 bits per heavy atom. The molecule has 1 aliphatic heterocycles. The minimum Gasteiger partial charge on any atom is -0.369 e. The molecule has 2 aliphatic rings. The van der Waals surface area contributed by atoms with Crippen LogP contribution in [0.1, 0.15) is 19.3 Å². The summed E-state index contributed by atoms with van der Waals surface area (Å²) in [4.78, 5) is 6.30. The van der Waals surface area contributed by atoms with Gasteiger partial charge in [-0.05, 0) is 41.3 Å². The molecule has 1 saturated carbocycles. The highest BCUT2D eigenvalue weighted by Crippen LogP contribution is 2.32. The third-order valence-electron chi connectivity index (χ3n) is 3.85. The lowest BCUT2D eigenvalue weighted by molar-refractivity contribution is 0.432. The second-order valence-corrected chi connectivity index (χ2v) is 8.38. The van der Waals surface area contributed by atoms with E-state index in [4.69, 9.17) is 0 Å². The first-order chi connectivity index (χ1) is 9.59. The van der Waals surface area contributed by atoms with Crippen molar-refractivity contribution in [1.29, 1.82) is 0 Å². The molecule has 1 aliphatic carbocycles. The number of sulfonamides is 1. The zero-order valence-electron chi connectivity index (χ0n) is 11.2. The Bertz CT molecular complexity index is 589. The fourth-order valence-corrected chi connectivity index (χ4v) is 4.96. The van der Waals surface area contributed by atoms with Crippen LogP contribution in [0, 0.1) is 0 Å². The second-order valence-electron chi connectivity index (χ2n) is 5.31. The van der Waals surface area contributed by atoms with Crippen LogP contribution < -0.4 is 4.90 Å². The highest BCUT2D eigenvalue weighted by molar-refractivity contribution is 9.10. The average molecular weight is 360 g/mol. The molecule has 0 aromatic carbocycles. The van der Waals surface area contributed by atoms with E-state index in [-0.39, 0.29) is 5.25 Å². The van der Waals surface area contributed by atoms with E-state index in [2.05, 4.69) is 25.8 Å². The van der Waals surface area contributed by atoms with Gasteiger partial charge in [0, 0.05) is 38.6 Å². The molecule has 0 radical (unpaired) electrons. The Hall–Kier alpha value is -0.660. The van der Waals surface area contributed by atoms with Gasteiger partial charge in [0.1, 0.15) is 0 Å². The number of hydrogen-bond acceptors (Lipinski definition) is 4. The van der Waals surface area contributed by atoms with Crippen molar-refractivity contribution in [3.63, 3.8) is 0 Å². The smallest absolute Gasteiger partial charge is 0.217 e. The normalized spacial score (nSPS) is 21.8. The van der Waals surface area contributed by atoms with Crippen molar-refractivity contribution in [3.05, 3.63) is 22.9 Å². The largest absolute Gasteiger partial charge is 0.369 e. The summed E-state index contributed by atoms with van der Waals surface area (Å²) in [6.45, 7) is 2.82. The van der Waals surface area contributed by atoms with Crippen LogP contribution in [0.5, 0.6) is 0 Å². The van der Waals surface area contributed by atoms with Crippen molar-refractivity contribution in [2.45, 2.75) is 24.5 Å². The number of halogens is 1. The average Bonchev–Trinajstić information content (AvgIpc) is 3.26. The predicted molar refractivity (Wildman–Crippen MR) is 82.3 cm³/mol. The molecule has 2 heterocycles. The predicted octanol–water partition coefficient (Wildman–Crippen LogP) is 1.85. The van der Waals surface area contributed by atoms with Crippen molar-refractivity contribution in [1.82, 2.24) is 9.29 Å². The minimum absolute atomic E-state index is 0.110. The topological polar surface area (TPSA) is 53.5 Å². The van der Waals surface area contributed by atoms with Gasteiger partial charge in [-0.3, -0.25) is 4.98 Å². The van der Waals surface area contributed by atoms with Crippen LogP contribution in [-0.2, 0) is 10.0 Å². The number of nitrogens with zero attached hydrogens (tertiary/aromatic N) is 3. The van der Waals surface area contributed by atoms with E-state index < -0.39 is 10.0 Å². The summed E-state index contributed by atoms with van der Waals surface area (Å²) in [6.07, 6.45) is 6.07. The Kier molecular flexibility index (Phi) is 4.01. The third kappa shape index (κ3) is 2.84. The third-order valence-corrected chi connectivity index (χ3v) is 6.86. The fourth-order valence-electron chi connectivity index (χ4n) is 2.59. The molecule has 0 N–H and O–H groups in total. The SMILES string of the molecule is O=S(=O)(C1CC1)N1CCCN(c2ccncc2Br)CC1. The number of hydrogen-bond donors (Lipinski definition) is 0. The first kappa shape index (κ1) is 14.3. The van der Waals surface area contributed by atoms with Crippen molar-refractivity contribution in [2.24, 2.45) is 0 Å². The highest BCUT2D eigenvalue weighted by atomic mass is 79.9. The first-order valence-electron chi connectivity index (χ1n) is 6.92. The summed E-state index contributed by atoms with van der Waals surface area (Å²) in [5.41, 5.74) is 1.09. The lowest BCUT2D eigenvalue weighted by atomic mass is 10.3. The van der Waals surface area contributed by atoms with E-state index in [1.165, 1.54) is 0 Å². The molecule has 1 aromatic rings. The van der Waals surface area contributed by atoms with Gasteiger partial charge in [-0.1, -0.05) is 0 Å². The molecule has 5 nitrogen and oxygen atoms in total. The molecule has 3 rings (SSSR count). The summed E-state index contributed by atoms with van der Waals surface area (Å²) in [5, 5.41) is -0.110. The van der Waals surface area contributed by atoms with Gasteiger partial charge in [0.25, 0.3) is 0 Å². The van der Waals surface area contributed by atoms with Crippen molar-refractivity contribution in [3.8, 4) is 0 Å². The van der Waals surface area contributed by atoms with Gasteiger partial charge in [0.15, 0.2) is 0 Å². The second kappa shape index (κ2) is 5.61. The molecule has 0 unspecified atom stereocenters. The lowest BCUT2D eigenvalue weighted by Gasteiger charge is -2.24. The quantitative estimate of drug-likeness (QED) is 0.826. The maximum Gasteiger partial charge on any atom is 0.217 e. The Labute approximate surface area is 128 Å². The zero-order valence-corrected chi connectivity index (χ0v) is 13.6. The van der Waals surface area contributed by atoms with Crippen molar-refractivity contribution in [2.75, 3.05) is 31.1 Å². The van der Waals surface area contributed by atoms with E-state index in [0.29, 0.717) is 13.1 Å². The van der Waals surface area contributed by atoms with Crippen LogP contribution in [-0.4, -0.2) is 49.1 Å². The van der Waals surface area contributed by atoms with Gasteiger partial charge < -0.3 is 4.90 Å². The first-order valence-corrected chi connectivity index (χ1v) is 9.22. The van der Waals surface area contributed by atoms with Crippen LogP contribution in [0.3, 0.4) is 0 Å². The van der Waals surface area contributed by atoms with Gasteiger partial charge in [-0.2, -0.15) is 4.31 Å². The molecular weight excluding hydrogens is 342 g/mol. The molecule has 110 valence electrons. The molecule has 0 amide bonds. The summed E-state index contributed by atoms with van der Waals surface area (Å²) in [5.74, 6) is 0. The van der Waals surface area contributed by atoms with Crippen molar-refractivity contribution < 1.29 is 8.42 Å². The zero-order chi connectivity index (χ0) is 14.2. The van der Waals surface area contributed by atoms with Crippen molar-refractivity contribution >= 4 is 31.6 Å². The van der Waals surface area contributed by atoms with E-state index >= 15 is 0 Å². The van der Waals surface area contributed by atoms with Crippen LogP contribution in [0.15, 0.2) is 22.9 Å². The van der Waals surface area contributed by atoms with Crippen LogP contribution >= 0.6 is 15.9 Å². The lowest BCUT2D eigenvalue weighted by Crippen LogP contribution is -2.37. The van der Waals surface area contributed by atoms with Gasteiger partial charge in [0.05, 0.1) is 15.4 Å². The molecule has 7 heteroatoms. The Balaban J connectivity index is 1.73. The summed E-state index contributed by atoms with van der Waals surface area (Å²) >= 11 is 3.51. The Morgan fingerprint density at radius 2 is 2.00 bits per heavy atom. The van der Waals surface area contributed by atoms with Crippen LogP contribution in [0.2, 0.25) is 0 Å². The number of pyridine rings is 1. The molecular formula is C13H18BrN3O2S. The monoisotopic (exact) mass is 359 g/mol. The van der Waals surface area contributed by atoms with Gasteiger partial charge >= 0.3 is 0 Å². The number of rotatable bonds is 3. The molecule has 1 saturated heterocycles. The van der Waals surface area contributed by atoms with Gasteiger partial charge in [-0.25, -0.2) is 8.42 Å². The molecule has 1 aromatic heterocycles. The maximum absolute atomic E-state index is 12.3. The standard InChI is InChI=1S/C13H18BrN3O2S/c14-12-10-15-5-4-13(12)16-6-1-7-17(9-8-16)20(18,19)11-2-3-11/h4-5,10-11H,1-3,6-9H2. The molecule has 20 heavy (non-hydrogen) atoms. The van der Waals surface area contributed by atoms with E-state index in [0.717, 1.165) is 42.5 Å². The molecule has 0 atom stereocenters.